The number of amides is 3. The molecule has 0 bridgehead atoms. The molecule has 0 aliphatic rings. The third-order valence-electron chi connectivity index (χ3n) is 11.4. The monoisotopic (exact) mass is 1430 g/mol. The van der Waals surface area contributed by atoms with Gasteiger partial charge in [-0.3, -0.25) is 19.2 Å². The quantitative estimate of drug-likeness (QED) is 0.0482. The molecule has 83 heavy (non-hydrogen) atoms. The van der Waals surface area contributed by atoms with Gasteiger partial charge in [0.05, 0.1) is 22.5 Å². The van der Waals surface area contributed by atoms with Crippen molar-refractivity contribution in [3.8, 4) is 12.1 Å². The summed E-state index contributed by atoms with van der Waals surface area (Å²) in [5.41, 5.74) is -17.6. The van der Waals surface area contributed by atoms with E-state index in [0.29, 0.717) is 17.7 Å². The van der Waals surface area contributed by atoms with Crippen LogP contribution in [0, 0.1) is 105 Å². The fourth-order valence-corrected chi connectivity index (χ4v) is 7.47. The number of rotatable bonds is 9. The smallest absolute Gasteiger partial charge is 0.395 e. The van der Waals surface area contributed by atoms with E-state index in [1.165, 1.54) is 36.4 Å². The number of hydrogen-bond donors (Lipinski definition) is 4. The van der Waals surface area contributed by atoms with Crippen molar-refractivity contribution in [2.75, 3.05) is 21.7 Å². The van der Waals surface area contributed by atoms with Crippen LogP contribution in [0.5, 0.6) is 0 Å². The molecule has 6 aromatic carbocycles. The van der Waals surface area contributed by atoms with Crippen LogP contribution in [0.2, 0.25) is 0 Å². The average molecular weight is 1430 g/mol. The summed E-state index contributed by atoms with van der Waals surface area (Å²) in [5.74, 6) is -9.54. The number of anilines is 4. The maximum Gasteiger partial charge on any atom is 0.435 e. The van der Waals surface area contributed by atoms with E-state index in [1.54, 1.807) is 30.3 Å². The number of nitrogens with two attached hydrogens (primary N) is 1. The van der Waals surface area contributed by atoms with E-state index in [-0.39, 0.29) is 66.6 Å². The third-order valence-corrected chi connectivity index (χ3v) is 11.6. The molecule has 0 fully saturated rings. The van der Waals surface area contributed by atoms with E-state index < -0.39 is 155 Å². The molecule has 2 radical (unpaired) electrons. The molecule has 6 aromatic rings. The van der Waals surface area contributed by atoms with E-state index in [1.807, 2.05) is 22.0 Å². The van der Waals surface area contributed by atoms with E-state index in [2.05, 4.69) is 8.38 Å². The van der Waals surface area contributed by atoms with Crippen LogP contribution in [0.3, 0.4) is 0 Å². The van der Waals surface area contributed by atoms with Gasteiger partial charge < -0.3 is 21.7 Å². The minimum atomic E-state index is -6.38. The van der Waals surface area contributed by atoms with Crippen LogP contribution in [0.15, 0.2) is 97.1 Å². The zero-order chi connectivity index (χ0) is 63.7. The first-order chi connectivity index (χ1) is 38.2. The second-order valence-electron chi connectivity index (χ2n) is 16.8. The molecular weight excluding hydrogens is 1400 g/mol. The minimum Gasteiger partial charge on any atom is -0.395 e. The topological polar surface area (TPSA) is 178 Å². The van der Waals surface area contributed by atoms with Gasteiger partial charge >= 0.3 is 36.0 Å². The molecule has 0 heterocycles. The average Bonchev–Trinajstić information content (AvgIpc) is 0.960. The Hall–Kier alpha value is -7.67. The number of hydrogen-bond acceptors (Lipinski definition) is 7. The van der Waals surface area contributed by atoms with E-state index in [4.69, 9.17) is 23.9 Å². The SMILES string of the molecule is Cc1cc(C(F)(C(F)(F)F)C(F)(F)F)cc(C)c1NC(=O)c1cc(F)c(C#N)c(N)c1F.Cc1cc(C(F)(C(F)(F)F)C(F)(F)F)cc(C)c1NC(=O)c1cc(F)c(C#N)c(NC(=O)c2ccccc2)c1F.O=C(Cl)c1ccccc1.[2H][B].[U]. The summed E-state index contributed by atoms with van der Waals surface area (Å²) in [6.45, 7) is 3.87. The van der Waals surface area contributed by atoms with Crippen molar-refractivity contribution in [1.29, 1.82) is 11.9 Å². The number of benzene rings is 6. The predicted molar refractivity (Wildman–Crippen MR) is 262 cm³/mol. The van der Waals surface area contributed by atoms with Gasteiger partial charge in [0.25, 0.3) is 23.0 Å². The summed E-state index contributed by atoms with van der Waals surface area (Å²) >= 11 is 5.16. The number of halogens is 19. The molecule has 10 nitrogen and oxygen atoms in total. The van der Waals surface area contributed by atoms with Crippen LogP contribution >= 0.6 is 11.6 Å². The van der Waals surface area contributed by atoms with Crippen molar-refractivity contribution in [3.05, 3.63) is 187 Å². The van der Waals surface area contributed by atoms with Crippen molar-refractivity contribution in [1.82, 2.24) is 0 Å². The van der Waals surface area contributed by atoms with Gasteiger partial charge in [-0.05, 0) is 87.2 Å². The number of alkyl halides is 14. The summed E-state index contributed by atoms with van der Waals surface area (Å²) in [6.07, 6.45) is -25.4. The molecule has 0 aliphatic heterocycles. The van der Waals surface area contributed by atoms with Gasteiger partial charge in [0, 0.05) is 73.1 Å². The van der Waals surface area contributed by atoms with E-state index >= 15 is 4.39 Å². The molecule has 0 aromatic heterocycles. The second-order valence-corrected chi connectivity index (χ2v) is 17.2. The Balaban J connectivity index is 0.000000488. The Kier molecular flexibility index (Phi) is 22.8. The standard InChI is InChI=1S/C26H16F9N3O2.C19H12F9N3O.C7H5ClO.BH.U/c1-12-8-15(24(29,25(30,31)32)26(33,34)35)9-13(2)20(12)37-23(40)16-10-18(27)17(11-36)21(19(16)28)38-22(39)14-6-4-3-5-7-14;1-7-3-9(17(22,18(23,24)25)19(26,27)28)4-8(2)15(7)31-16(32)10-5-12(20)11(6-29)14(30)13(10)21;8-7(9)6-4-2-1-3-5-6;;/h3-10H,1-2H3,(H,37,40)(H,38,39);3-5H,30H2,1-2H3,(H,31,32);1-5H;1H;/i;;;1D;. The van der Waals surface area contributed by atoms with Crippen LogP contribution in [0.25, 0.3) is 0 Å². The number of nitrogens with one attached hydrogen (secondary N) is 3. The Morgan fingerprint density at radius 1 is 0.494 bits per heavy atom. The number of nitriles is 2. The summed E-state index contributed by atoms with van der Waals surface area (Å²) in [5, 5.41) is 23.7. The Morgan fingerprint density at radius 3 is 1.10 bits per heavy atom. The van der Waals surface area contributed by atoms with Crippen LogP contribution in [0.4, 0.5) is 102 Å². The van der Waals surface area contributed by atoms with Gasteiger partial charge in [-0.15, -0.1) is 0 Å². The first-order valence-electron chi connectivity index (χ1n) is 22.5. The summed E-state index contributed by atoms with van der Waals surface area (Å²) in [6, 6.07) is 20.1. The van der Waals surface area contributed by atoms with Crippen LogP contribution in [0.1, 0.15) is 85.9 Å². The maximum absolute atomic E-state index is 15.3. The summed E-state index contributed by atoms with van der Waals surface area (Å²) in [4.78, 5) is 48.1. The second kappa shape index (κ2) is 27.1. The molecule has 0 saturated heterocycles. The zero-order valence-electron chi connectivity index (χ0n) is 43.1. The van der Waals surface area contributed by atoms with E-state index in [0.717, 1.165) is 27.7 Å². The summed E-state index contributed by atoms with van der Waals surface area (Å²) in [7, 11) is 3.75. The molecule has 0 spiro atoms. The molecule has 3 amide bonds. The van der Waals surface area contributed by atoms with Crippen molar-refractivity contribution in [2.24, 2.45) is 0 Å². The molecule has 0 unspecified atom stereocenters. The van der Waals surface area contributed by atoms with E-state index in [9.17, 15) is 99.1 Å². The summed E-state index contributed by atoms with van der Waals surface area (Å²) < 4.78 is 249. The van der Waals surface area contributed by atoms with Crippen LogP contribution < -0.4 is 21.7 Å². The third kappa shape index (κ3) is 15.1. The van der Waals surface area contributed by atoms with Gasteiger partial charge in [-0.25, -0.2) is 26.3 Å². The Bertz CT molecular complexity index is 3450. The normalized spacial score (nSPS) is 11.7. The van der Waals surface area contributed by atoms with Crippen molar-refractivity contribution in [3.63, 3.8) is 0 Å². The largest absolute Gasteiger partial charge is 0.435 e. The fraction of sp³-hybridized carbons (Fsp3) is 0.192. The first-order valence-corrected chi connectivity index (χ1v) is 22.3. The van der Waals surface area contributed by atoms with Crippen LogP contribution in [-0.4, -0.2) is 57.4 Å². The molecule has 0 aliphatic carbocycles. The van der Waals surface area contributed by atoms with Gasteiger partial charge in [-0.2, -0.15) is 63.2 Å². The number of carbonyl (C=O) groups excluding carboxylic acids is 4. The maximum atomic E-state index is 15.3. The minimum absolute atomic E-state index is 0. The van der Waals surface area contributed by atoms with Crippen molar-refractivity contribution in [2.45, 2.75) is 63.7 Å². The fourth-order valence-electron chi connectivity index (χ4n) is 7.34. The number of carbonyl (C=O) groups is 4. The Morgan fingerprint density at radius 2 is 0.795 bits per heavy atom. The van der Waals surface area contributed by atoms with Gasteiger partial charge in [0.15, 0.2) is 11.6 Å². The van der Waals surface area contributed by atoms with Gasteiger partial charge in [0.1, 0.15) is 34.9 Å². The molecule has 5 N–H and O–H groups in total. The van der Waals surface area contributed by atoms with Crippen molar-refractivity contribution < 1.29 is 129 Å². The van der Waals surface area contributed by atoms with Gasteiger partial charge in [0.2, 0.25) is 0 Å². The molecule has 0 atom stereocenters. The molecule has 6 rings (SSSR count). The number of nitrogens with zero attached hydrogens (tertiary/aromatic N) is 2. The number of aryl methyl sites for hydroxylation is 4. The number of nitrogen functional groups attached to an aromatic ring is 1. The predicted octanol–water partition coefficient (Wildman–Crippen LogP) is 14.2. The molecule has 436 valence electrons. The van der Waals surface area contributed by atoms with Crippen molar-refractivity contribution >= 4 is 65.7 Å². The molecular formula is C52H34BClF18N6O4U. The zero-order valence-corrected chi connectivity index (χ0v) is 47.0. The molecule has 31 heteroatoms. The Labute approximate surface area is 489 Å². The van der Waals surface area contributed by atoms with Gasteiger partial charge in [-0.1, -0.05) is 72.8 Å². The molecule has 0 saturated carbocycles. The van der Waals surface area contributed by atoms with Crippen LogP contribution in [-0.2, 0) is 11.3 Å². The first kappa shape index (κ1) is 69.6.